The van der Waals surface area contributed by atoms with Gasteiger partial charge in [0.1, 0.15) is 11.4 Å². The molecule has 1 aliphatic heterocycles. The summed E-state index contributed by atoms with van der Waals surface area (Å²) in [6, 6.07) is 3.83. The number of nitrogens with zero attached hydrogens (tertiary/aromatic N) is 3. The van der Waals surface area contributed by atoms with Gasteiger partial charge in [-0.15, -0.1) is 0 Å². The molecule has 6 nitrogen and oxygen atoms in total. The maximum Gasteiger partial charge on any atom is 0.277 e. The molecule has 0 spiro atoms. The molecule has 1 amide bonds. The Bertz CT molecular complexity index is 860. The molecule has 0 saturated heterocycles. The fraction of sp³-hybridized carbons (Fsp3) is 0.250. The monoisotopic (exact) mass is 363 g/mol. The second-order valence-corrected chi connectivity index (χ2v) is 6.81. The van der Waals surface area contributed by atoms with E-state index < -0.39 is 28.8 Å². The van der Waals surface area contributed by atoms with Crippen molar-refractivity contribution in [2.24, 2.45) is 10.7 Å². The van der Waals surface area contributed by atoms with Crippen molar-refractivity contribution in [3.05, 3.63) is 53.6 Å². The average Bonchev–Trinajstić information content (AvgIpc) is 2.54. The first-order valence-electron chi connectivity index (χ1n) is 7.44. The van der Waals surface area contributed by atoms with E-state index in [0.29, 0.717) is 22.6 Å². The average molecular weight is 363 g/mol. The number of nitrogens with two attached hydrogens (primary N) is 1. The third-order valence-corrected chi connectivity index (χ3v) is 4.58. The van der Waals surface area contributed by atoms with E-state index in [1.165, 1.54) is 18.0 Å². The van der Waals surface area contributed by atoms with E-state index in [1.807, 2.05) is 6.92 Å². The number of nitrogens with one attached hydrogen (secondary N) is 1. The summed E-state index contributed by atoms with van der Waals surface area (Å²) in [6.45, 7) is 1.91. The Kier molecular flexibility index (Phi) is 4.67. The first-order chi connectivity index (χ1) is 11.9. The van der Waals surface area contributed by atoms with Crippen LogP contribution in [0.15, 0.2) is 35.6 Å². The van der Waals surface area contributed by atoms with E-state index in [9.17, 15) is 13.6 Å². The summed E-state index contributed by atoms with van der Waals surface area (Å²) in [7, 11) is 0. The lowest BCUT2D eigenvalue weighted by Crippen LogP contribution is -2.29. The number of carbonyl (C=O) groups is 1. The molecule has 0 fully saturated rings. The van der Waals surface area contributed by atoms with Gasteiger partial charge in [0.2, 0.25) is 0 Å². The minimum Gasteiger partial charge on any atom is -0.379 e. The minimum atomic E-state index is -1.03. The summed E-state index contributed by atoms with van der Waals surface area (Å²) in [5.74, 6) is -1.84. The Balaban J connectivity index is 1.85. The zero-order chi connectivity index (χ0) is 18.0. The molecule has 3 N–H and O–H groups in total. The summed E-state index contributed by atoms with van der Waals surface area (Å²) >= 11 is 1.48. The number of amidine groups is 1. The Labute approximate surface area is 147 Å². The molecule has 0 aliphatic carbocycles. The van der Waals surface area contributed by atoms with E-state index in [4.69, 9.17) is 5.73 Å². The molecular formula is C16H15F2N5OS. The molecule has 0 bridgehead atoms. The van der Waals surface area contributed by atoms with Crippen molar-refractivity contribution in [2.75, 3.05) is 11.1 Å². The largest absolute Gasteiger partial charge is 0.379 e. The van der Waals surface area contributed by atoms with Crippen molar-refractivity contribution in [1.29, 1.82) is 0 Å². The van der Waals surface area contributed by atoms with Gasteiger partial charge in [-0.1, -0.05) is 11.8 Å². The number of aromatic nitrogens is 2. The van der Waals surface area contributed by atoms with Crippen LogP contribution in [0.5, 0.6) is 0 Å². The number of hydrogen-bond donors (Lipinski definition) is 2. The lowest BCUT2D eigenvalue weighted by molar-refractivity contribution is 0.101. The molecule has 130 valence electrons. The number of anilines is 1. The number of pyridine rings is 2. The van der Waals surface area contributed by atoms with Crippen molar-refractivity contribution >= 4 is 28.5 Å². The summed E-state index contributed by atoms with van der Waals surface area (Å²) in [5.41, 5.74) is 5.79. The van der Waals surface area contributed by atoms with Gasteiger partial charge in [-0.05, 0) is 25.5 Å². The van der Waals surface area contributed by atoms with E-state index in [0.717, 1.165) is 18.4 Å². The van der Waals surface area contributed by atoms with E-state index in [-0.39, 0.29) is 0 Å². The molecule has 1 aliphatic rings. The third kappa shape index (κ3) is 3.76. The van der Waals surface area contributed by atoms with Crippen molar-refractivity contribution in [2.45, 2.75) is 18.9 Å². The predicted octanol–water partition coefficient (Wildman–Crippen LogP) is 2.67. The van der Waals surface area contributed by atoms with Gasteiger partial charge in [-0.25, -0.2) is 18.8 Å². The molecule has 0 radical (unpaired) electrons. The highest BCUT2D eigenvalue weighted by Gasteiger charge is 2.31. The second kappa shape index (κ2) is 6.75. The Morgan fingerprint density at radius 1 is 1.36 bits per heavy atom. The molecule has 3 heterocycles. The van der Waals surface area contributed by atoms with Crippen LogP contribution in [0.4, 0.5) is 14.5 Å². The lowest BCUT2D eigenvalue weighted by Gasteiger charge is -2.28. The molecule has 25 heavy (non-hydrogen) atoms. The molecule has 3 rings (SSSR count). The van der Waals surface area contributed by atoms with Gasteiger partial charge < -0.3 is 11.1 Å². The first-order valence-corrected chi connectivity index (χ1v) is 8.43. The Morgan fingerprint density at radius 3 is 2.88 bits per heavy atom. The van der Waals surface area contributed by atoms with Crippen molar-refractivity contribution in [3.63, 3.8) is 0 Å². The fourth-order valence-corrected chi connectivity index (χ4v) is 3.42. The second-order valence-electron chi connectivity index (χ2n) is 5.69. The number of aliphatic imine (C=N–C) groups is 1. The van der Waals surface area contributed by atoms with Crippen LogP contribution in [0.3, 0.4) is 0 Å². The zero-order valence-corrected chi connectivity index (χ0v) is 14.1. The molecular weight excluding hydrogens is 348 g/mol. The SMILES string of the molecule is C[C@@]1(c2cc(NC(=O)c3ncc(F)cc3F)ccn2)CCSC(N)=N1. The maximum atomic E-state index is 13.7. The number of carbonyl (C=O) groups excluding carboxylic acids is 1. The van der Waals surface area contributed by atoms with Crippen LogP contribution in [0.25, 0.3) is 0 Å². The van der Waals surface area contributed by atoms with Crippen LogP contribution in [-0.2, 0) is 5.54 Å². The highest BCUT2D eigenvalue weighted by Crippen LogP contribution is 2.34. The van der Waals surface area contributed by atoms with Crippen LogP contribution >= 0.6 is 11.8 Å². The zero-order valence-electron chi connectivity index (χ0n) is 13.3. The van der Waals surface area contributed by atoms with Gasteiger partial charge in [0.15, 0.2) is 16.7 Å². The highest BCUT2D eigenvalue weighted by molar-refractivity contribution is 8.13. The van der Waals surface area contributed by atoms with Crippen LogP contribution in [0.2, 0.25) is 0 Å². The summed E-state index contributed by atoms with van der Waals surface area (Å²) in [4.78, 5) is 24.4. The van der Waals surface area contributed by atoms with Crippen molar-refractivity contribution in [3.8, 4) is 0 Å². The number of thioether (sulfide) groups is 1. The molecule has 0 saturated carbocycles. The number of halogens is 2. The fourth-order valence-electron chi connectivity index (χ4n) is 2.45. The summed E-state index contributed by atoms with van der Waals surface area (Å²) in [5, 5.41) is 3.03. The highest BCUT2D eigenvalue weighted by atomic mass is 32.2. The Hall–Kier alpha value is -2.55. The smallest absolute Gasteiger partial charge is 0.277 e. The van der Waals surface area contributed by atoms with E-state index >= 15 is 0 Å². The summed E-state index contributed by atoms with van der Waals surface area (Å²) < 4.78 is 26.6. The first kappa shape index (κ1) is 17.3. The van der Waals surface area contributed by atoms with Gasteiger partial charge in [0.05, 0.1) is 11.9 Å². The van der Waals surface area contributed by atoms with Crippen LogP contribution < -0.4 is 11.1 Å². The molecule has 2 aromatic heterocycles. The molecule has 2 aromatic rings. The van der Waals surface area contributed by atoms with Gasteiger partial charge in [-0.3, -0.25) is 9.78 Å². The molecule has 1 atom stereocenters. The predicted molar refractivity (Wildman–Crippen MR) is 92.4 cm³/mol. The van der Waals surface area contributed by atoms with Gasteiger partial charge in [0, 0.05) is 23.7 Å². The van der Waals surface area contributed by atoms with Crippen molar-refractivity contribution < 1.29 is 13.6 Å². The van der Waals surface area contributed by atoms with E-state index in [2.05, 4.69) is 20.3 Å². The van der Waals surface area contributed by atoms with Gasteiger partial charge in [0.25, 0.3) is 5.91 Å². The maximum absolute atomic E-state index is 13.7. The normalized spacial score (nSPS) is 20.0. The quantitative estimate of drug-likeness (QED) is 0.874. The number of rotatable bonds is 3. The molecule has 0 aromatic carbocycles. The molecule has 0 unspecified atom stereocenters. The topological polar surface area (TPSA) is 93.3 Å². The van der Waals surface area contributed by atoms with Crippen molar-refractivity contribution in [1.82, 2.24) is 9.97 Å². The third-order valence-electron chi connectivity index (χ3n) is 3.79. The molecule has 9 heteroatoms. The van der Waals surface area contributed by atoms with Crippen LogP contribution in [0.1, 0.15) is 29.5 Å². The van der Waals surface area contributed by atoms with Crippen LogP contribution in [0, 0.1) is 11.6 Å². The van der Waals surface area contributed by atoms with Crippen LogP contribution in [-0.4, -0.2) is 26.8 Å². The Morgan fingerprint density at radius 2 is 2.16 bits per heavy atom. The van der Waals surface area contributed by atoms with E-state index in [1.54, 1.807) is 12.1 Å². The number of amides is 1. The minimum absolute atomic E-state index is 0.411. The van der Waals surface area contributed by atoms with Gasteiger partial charge >= 0.3 is 0 Å². The van der Waals surface area contributed by atoms with Gasteiger partial charge in [-0.2, -0.15) is 0 Å². The number of hydrogen-bond acceptors (Lipinski definition) is 6. The summed E-state index contributed by atoms with van der Waals surface area (Å²) in [6.07, 6.45) is 3.06. The standard InChI is InChI=1S/C16H15F2N5OS/c1-16(3-5-25-15(19)23-16)12-7-10(2-4-20-12)22-14(24)13-11(18)6-9(17)8-21-13/h2,4,6-8H,3,5H2,1H3,(H2,19,23)(H,20,22,24)/t16-/m0/s1. The lowest BCUT2D eigenvalue weighted by atomic mass is 9.94.